The summed E-state index contributed by atoms with van der Waals surface area (Å²) in [6, 6.07) is 16.5. The van der Waals surface area contributed by atoms with Gasteiger partial charge in [0, 0.05) is 29.6 Å². The molecule has 4 aliphatic rings. The topological polar surface area (TPSA) is 32.3 Å². The number of carbonyl (C=O) groups is 1. The molecule has 3 aliphatic carbocycles. The van der Waals surface area contributed by atoms with Crippen LogP contribution < -0.4 is 5.32 Å². The number of aryl methyl sites for hydroxylation is 1. The van der Waals surface area contributed by atoms with Gasteiger partial charge in [-0.1, -0.05) is 68.7 Å². The van der Waals surface area contributed by atoms with E-state index in [2.05, 4.69) is 78.7 Å². The third kappa shape index (κ3) is 4.34. The van der Waals surface area contributed by atoms with E-state index in [-0.39, 0.29) is 11.3 Å². The van der Waals surface area contributed by atoms with E-state index in [1.54, 1.807) is 5.56 Å². The van der Waals surface area contributed by atoms with Crippen LogP contribution >= 0.6 is 0 Å². The number of nitrogens with zero attached hydrogens (tertiary/aromatic N) is 1. The van der Waals surface area contributed by atoms with E-state index < -0.39 is 0 Å². The van der Waals surface area contributed by atoms with Crippen molar-refractivity contribution in [2.24, 2.45) is 5.92 Å². The van der Waals surface area contributed by atoms with Crippen LogP contribution in [0.1, 0.15) is 103 Å². The molecule has 3 heteroatoms. The highest BCUT2D eigenvalue weighted by Crippen LogP contribution is 2.48. The van der Waals surface area contributed by atoms with Crippen LogP contribution in [0.25, 0.3) is 6.08 Å². The minimum Gasteiger partial charge on any atom is -0.349 e. The van der Waals surface area contributed by atoms with Gasteiger partial charge in [0.1, 0.15) is 0 Å². The molecule has 36 heavy (non-hydrogen) atoms. The lowest BCUT2D eigenvalue weighted by atomic mass is 9.68. The van der Waals surface area contributed by atoms with Crippen molar-refractivity contribution < 1.29 is 4.79 Å². The second-order valence-corrected chi connectivity index (χ2v) is 12.2. The van der Waals surface area contributed by atoms with E-state index in [0.717, 1.165) is 18.4 Å². The van der Waals surface area contributed by atoms with Gasteiger partial charge in [-0.3, -0.25) is 4.79 Å². The lowest BCUT2D eigenvalue weighted by Crippen LogP contribution is -2.50. The van der Waals surface area contributed by atoms with Crippen LogP contribution in [0.3, 0.4) is 0 Å². The van der Waals surface area contributed by atoms with Crippen LogP contribution in [0.15, 0.2) is 48.5 Å². The Labute approximate surface area is 217 Å². The molecule has 3 fully saturated rings. The Hall–Kier alpha value is -2.39. The largest absolute Gasteiger partial charge is 0.349 e. The molecule has 1 spiro atoms. The number of fused-ring (bicyclic) bond motifs is 2. The minimum atomic E-state index is 0.111. The highest BCUT2D eigenvalue weighted by molar-refractivity contribution is 5.94. The summed E-state index contributed by atoms with van der Waals surface area (Å²) >= 11 is 0. The average molecular weight is 483 g/mol. The number of likely N-dealkylation sites (tertiary alicyclic amines) is 1. The molecule has 1 N–H and O–H groups in total. The summed E-state index contributed by atoms with van der Waals surface area (Å²) in [5.41, 5.74) is 6.78. The number of rotatable bonds is 4. The van der Waals surface area contributed by atoms with E-state index in [9.17, 15) is 4.79 Å². The smallest absolute Gasteiger partial charge is 0.251 e. The molecular weight excluding hydrogens is 440 g/mol. The molecule has 1 saturated heterocycles. The number of hydrogen-bond donors (Lipinski definition) is 1. The lowest BCUT2D eigenvalue weighted by molar-refractivity contribution is 0.0898. The van der Waals surface area contributed by atoms with Gasteiger partial charge in [-0.05, 0) is 98.2 Å². The molecule has 0 bridgehead atoms. The number of piperidine rings is 1. The molecule has 2 aromatic rings. The van der Waals surface area contributed by atoms with E-state index >= 15 is 0 Å². The monoisotopic (exact) mass is 482 g/mol. The van der Waals surface area contributed by atoms with Crippen molar-refractivity contribution >= 4 is 12.0 Å². The average Bonchev–Trinajstić information content (AvgIpc) is 3.53. The first-order valence-corrected chi connectivity index (χ1v) is 14.5. The van der Waals surface area contributed by atoms with Crippen LogP contribution in [-0.2, 0) is 5.41 Å². The Balaban J connectivity index is 1.08. The molecule has 3 unspecified atom stereocenters. The molecule has 1 aliphatic heterocycles. The van der Waals surface area contributed by atoms with Gasteiger partial charge in [-0.2, -0.15) is 0 Å². The molecule has 0 aromatic heterocycles. The maximum Gasteiger partial charge on any atom is 0.251 e. The van der Waals surface area contributed by atoms with Crippen molar-refractivity contribution in [3.05, 3.63) is 76.4 Å². The van der Waals surface area contributed by atoms with Gasteiger partial charge in [0.25, 0.3) is 5.91 Å². The van der Waals surface area contributed by atoms with Gasteiger partial charge in [-0.25, -0.2) is 0 Å². The van der Waals surface area contributed by atoms with Gasteiger partial charge < -0.3 is 10.2 Å². The summed E-state index contributed by atoms with van der Waals surface area (Å²) in [6.07, 6.45) is 16.0. The maximum absolute atomic E-state index is 12.8. The molecule has 4 atom stereocenters. The fourth-order valence-corrected chi connectivity index (χ4v) is 7.92. The Morgan fingerprint density at radius 3 is 2.67 bits per heavy atom. The minimum absolute atomic E-state index is 0.111. The fraction of sp³-hybridized carbons (Fsp3) is 0.545. The van der Waals surface area contributed by atoms with Crippen molar-refractivity contribution in [3.8, 4) is 0 Å². The third-order valence-electron chi connectivity index (χ3n) is 10.1. The zero-order valence-corrected chi connectivity index (χ0v) is 22.1. The predicted molar refractivity (Wildman–Crippen MR) is 148 cm³/mol. The zero-order chi connectivity index (χ0) is 24.7. The molecule has 1 heterocycles. The third-order valence-corrected chi connectivity index (χ3v) is 10.1. The van der Waals surface area contributed by atoms with Crippen molar-refractivity contribution in [2.75, 3.05) is 13.1 Å². The van der Waals surface area contributed by atoms with E-state index in [0.29, 0.717) is 23.9 Å². The van der Waals surface area contributed by atoms with Gasteiger partial charge >= 0.3 is 0 Å². The van der Waals surface area contributed by atoms with Crippen LogP contribution in [0, 0.1) is 12.8 Å². The van der Waals surface area contributed by atoms with Crippen molar-refractivity contribution in [2.45, 2.75) is 95.1 Å². The Morgan fingerprint density at radius 2 is 1.86 bits per heavy atom. The molecule has 1 amide bonds. The van der Waals surface area contributed by atoms with Crippen molar-refractivity contribution in [3.63, 3.8) is 0 Å². The van der Waals surface area contributed by atoms with Crippen molar-refractivity contribution in [1.82, 2.24) is 10.2 Å². The summed E-state index contributed by atoms with van der Waals surface area (Å²) in [5.74, 6) is 1.36. The van der Waals surface area contributed by atoms with Crippen LogP contribution in [0.2, 0.25) is 0 Å². The van der Waals surface area contributed by atoms with Gasteiger partial charge in [-0.15, -0.1) is 0 Å². The molecule has 2 aromatic carbocycles. The summed E-state index contributed by atoms with van der Waals surface area (Å²) in [4.78, 5) is 15.6. The first-order chi connectivity index (χ1) is 17.5. The number of allylic oxidation sites excluding steroid dienone is 1. The zero-order valence-electron chi connectivity index (χ0n) is 22.1. The molecule has 190 valence electrons. The number of benzene rings is 2. The summed E-state index contributed by atoms with van der Waals surface area (Å²) in [5, 5.41) is 3.28. The number of amides is 1. The lowest BCUT2D eigenvalue weighted by Gasteiger charge is -2.46. The quantitative estimate of drug-likeness (QED) is 0.509. The Morgan fingerprint density at radius 1 is 1.03 bits per heavy atom. The first-order valence-electron chi connectivity index (χ1n) is 14.5. The maximum atomic E-state index is 12.8. The van der Waals surface area contributed by atoms with E-state index in [1.807, 2.05) is 0 Å². The Bertz CT molecular complexity index is 1150. The summed E-state index contributed by atoms with van der Waals surface area (Å²) < 4.78 is 0. The van der Waals surface area contributed by atoms with Gasteiger partial charge in [0.2, 0.25) is 0 Å². The summed E-state index contributed by atoms with van der Waals surface area (Å²) in [7, 11) is 0. The SMILES string of the molecule is Cc1cc(C(=O)NC2CCCCC2)ccc1C1CCC(N2CCC3(C=Cc4ccccc43)[C@@H](C)C2)C1. The van der Waals surface area contributed by atoms with Crippen LogP contribution in [0.5, 0.6) is 0 Å². The molecule has 2 saturated carbocycles. The van der Waals surface area contributed by atoms with Gasteiger partial charge in [0.15, 0.2) is 0 Å². The number of carbonyl (C=O) groups excluding carboxylic acids is 1. The predicted octanol–water partition coefficient (Wildman–Crippen LogP) is 7.00. The number of nitrogens with one attached hydrogen (secondary N) is 1. The second-order valence-electron chi connectivity index (χ2n) is 12.2. The highest BCUT2D eigenvalue weighted by atomic mass is 16.1. The fourth-order valence-electron chi connectivity index (χ4n) is 7.92. The van der Waals surface area contributed by atoms with E-state index in [4.69, 9.17) is 0 Å². The standard InChI is InChI=1S/C33H42N2O/c1-23-20-27(32(36)34-28-9-4-3-5-10-28)13-15-30(23)26-12-14-29(21-26)35-19-18-33(24(2)22-35)17-16-25-8-6-7-11-31(25)33/h6-8,11,13,15-17,20,24,26,28-29H,3-5,9-10,12,14,18-19,21-22H2,1-2H3,(H,34,36)/t24-,26?,29?,33?/m0/s1. The van der Waals surface area contributed by atoms with Crippen LogP contribution in [-0.4, -0.2) is 36.0 Å². The van der Waals surface area contributed by atoms with Crippen molar-refractivity contribution in [1.29, 1.82) is 0 Å². The molecule has 6 rings (SSSR count). The van der Waals surface area contributed by atoms with E-state index in [1.165, 1.54) is 74.7 Å². The summed E-state index contributed by atoms with van der Waals surface area (Å²) in [6.45, 7) is 7.05. The normalized spacial score (nSPS) is 30.6. The van der Waals surface area contributed by atoms with Gasteiger partial charge in [0.05, 0.1) is 0 Å². The van der Waals surface area contributed by atoms with Crippen LogP contribution in [0.4, 0.5) is 0 Å². The molecule has 3 nitrogen and oxygen atoms in total. The molecular formula is C33H42N2O. The number of hydrogen-bond acceptors (Lipinski definition) is 2. The molecule has 0 radical (unpaired) electrons. The second kappa shape index (κ2) is 9.82. The first kappa shape index (κ1) is 24.0. The Kier molecular flexibility index (Phi) is 6.54. The highest BCUT2D eigenvalue weighted by Gasteiger charge is 2.45.